The molecular weight excluding hydrogens is 268 g/mol. The van der Waals surface area contributed by atoms with E-state index in [1.54, 1.807) is 54.5 Å². The lowest BCUT2D eigenvalue weighted by Crippen LogP contribution is -2.31. The molecule has 5 nitrogen and oxygen atoms in total. The van der Waals surface area contributed by atoms with Gasteiger partial charge in [-0.15, -0.1) is 0 Å². The number of carbonyl (C=O) groups is 1. The highest BCUT2D eigenvalue weighted by atomic mass is 16.5. The molecule has 0 aromatic heterocycles. The van der Waals surface area contributed by atoms with E-state index in [0.29, 0.717) is 29.2 Å². The monoisotopic (exact) mass is 286 g/mol. The largest absolute Gasteiger partial charge is 0.508 e. The van der Waals surface area contributed by atoms with Crippen LogP contribution in [-0.4, -0.2) is 24.7 Å². The van der Waals surface area contributed by atoms with Crippen molar-refractivity contribution in [2.75, 3.05) is 24.3 Å². The molecule has 0 aliphatic heterocycles. The fourth-order valence-corrected chi connectivity index (χ4v) is 2.11. The van der Waals surface area contributed by atoms with Crippen LogP contribution in [0.4, 0.5) is 11.4 Å². The zero-order valence-electron chi connectivity index (χ0n) is 12.0. The Balaban J connectivity index is 2.37. The van der Waals surface area contributed by atoms with Crippen LogP contribution in [0.25, 0.3) is 0 Å². The average Bonchev–Trinajstić information content (AvgIpc) is 2.47. The van der Waals surface area contributed by atoms with Gasteiger partial charge in [0.1, 0.15) is 11.5 Å². The molecule has 0 atom stereocenters. The lowest BCUT2D eigenvalue weighted by atomic mass is 10.1. The van der Waals surface area contributed by atoms with E-state index in [0.717, 1.165) is 0 Å². The van der Waals surface area contributed by atoms with Crippen LogP contribution < -0.4 is 15.4 Å². The van der Waals surface area contributed by atoms with Crippen LogP contribution in [0.15, 0.2) is 42.5 Å². The van der Waals surface area contributed by atoms with E-state index in [1.165, 1.54) is 0 Å². The smallest absolute Gasteiger partial charge is 0.260 e. The van der Waals surface area contributed by atoms with Crippen LogP contribution in [0.2, 0.25) is 0 Å². The minimum atomic E-state index is -0.219. The second kappa shape index (κ2) is 6.17. The summed E-state index contributed by atoms with van der Waals surface area (Å²) in [5, 5.41) is 9.55. The van der Waals surface area contributed by atoms with Crippen molar-refractivity contribution in [3.8, 4) is 11.5 Å². The minimum Gasteiger partial charge on any atom is -0.508 e. The molecule has 3 N–H and O–H groups in total. The number of amides is 1. The summed E-state index contributed by atoms with van der Waals surface area (Å²) in [6.07, 6.45) is 0. The first-order chi connectivity index (χ1) is 10.1. The van der Waals surface area contributed by atoms with Crippen LogP contribution in [0, 0.1) is 0 Å². The number of methoxy groups -OCH3 is 1. The van der Waals surface area contributed by atoms with Crippen molar-refractivity contribution in [1.29, 1.82) is 0 Å². The van der Waals surface area contributed by atoms with Crippen LogP contribution in [0.3, 0.4) is 0 Å². The van der Waals surface area contributed by atoms with Gasteiger partial charge in [0.25, 0.3) is 5.91 Å². The van der Waals surface area contributed by atoms with Gasteiger partial charge in [0.2, 0.25) is 0 Å². The van der Waals surface area contributed by atoms with Crippen LogP contribution in [-0.2, 0) is 0 Å². The summed E-state index contributed by atoms with van der Waals surface area (Å²) in [7, 11) is 1.54. The molecule has 0 aliphatic carbocycles. The Hall–Kier alpha value is -2.69. The molecular formula is C16H18N2O3. The molecule has 0 bridgehead atoms. The number of benzene rings is 2. The van der Waals surface area contributed by atoms with Crippen molar-refractivity contribution in [1.82, 2.24) is 0 Å². The summed E-state index contributed by atoms with van der Waals surface area (Å²) < 4.78 is 5.08. The number of phenolic OH excluding ortho intramolecular Hbond substituents is 1. The van der Waals surface area contributed by atoms with Gasteiger partial charge in [-0.1, -0.05) is 6.07 Å². The van der Waals surface area contributed by atoms with E-state index >= 15 is 0 Å². The van der Waals surface area contributed by atoms with Gasteiger partial charge in [-0.05, 0) is 31.2 Å². The summed E-state index contributed by atoms with van der Waals surface area (Å²) in [5.41, 5.74) is 7.31. The third-order valence-corrected chi connectivity index (χ3v) is 3.19. The number of aromatic hydroxyl groups is 1. The molecule has 1 amide bonds. The molecule has 5 heteroatoms. The summed E-state index contributed by atoms with van der Waals surface area (Å²) in [6, 6.07) is 11.5. The third-order valence-electron chi connectivity index (χ3n) is 3.19. The second-order valence-corrected chi connectivity index (χ2v) is 4.52. The number of nitrogens with two attached hydrogens (primary N) is 1. The predicted molar refractivity (Wildman–Crippen MR) is 82.9 cm³/mol. The number of hydrogen-bond donors (Lipinski definition) is 2. The topological polar surface area (TPSA) is 75.8 Å². The first kappa shape index (κ1) is 14.7. The molecule has 0 saturated heterocycles. The van der Waals surface area contributed by atoms with Gasteiger partial charge < -0.3 is 20.5 Å². The highest BCUT2D eigenvalue weighted by Gasteiger charge is 2.19. The average molecular weight is 286 g/mol. The molecule has 0 aliphatic rings. The Kier molecular flexibility index (Phi) is 4.33. The first-order valence-corrected chi connectivity index (χ1v) is 6.61. The van der Waals surface area contributed by atoms with Crippen LogP contribution in [0.5, 0.6) is 11.5 Å². The molecule has 0 unspecified atom stereocenters. The van der Waals surface area contributed by atoms with Crippen molar-refractivity contribution >= 4 is 17.3 Å². The lowest BCUT2D eigenvalue weighted by Gasteiger charge is -2.22. The molecule has 0 radical (unpaired) electrons. The number of nitrogens with zero attached hydrogens (tertiary/aromatic N) is 1. The minimum absolute atomic E-state index is 0.112. The Morgan fingerprint density at radius 2 is 2.05 bits per heavy atom. The molecule has 21 heavy (non-hydrogen) atoms. The third kappa shape index (κ3) is 3.08. The summed E-state index contributed by atoms with van der Waals surface area (Å²) in [6.45, 7) is 2.33. The maximum Gasteiger partial charge on any atom is 0.260 e. The van der Waals surface area contributed by atoms with Gasteiger partial charge in [-0.2, -0.15) is 0 Å². The quantitative estimate of drug-likeness (QED) is 0.847. The van der Waals surface area contributed by atoms with Gasteiger partial charge in [0.15, 0.2) is 0 Å². The van der Waals surface area contributed by atoms with E-state index in [-0.39, 0.29) is 11.7 Å². The van der Waals surface area contributed by atoms with Crippen molar-refractivity contribution < 1.29 is 14.6 Å². The Morgan fingerprint density at radius 1 is 1.29 bits per heavy atom. The highest BCUT2D eigenvalue weighted by molar-refractivity contribution is 6.09. The number of hydrogen-bond acceptors (Lipinski definition) is 4. The number of nitrogen functional groups attached to an aromatic ring is 1. The van der Waals surface area contributed by atoms with E-state index in [2.05, 4.69) is 0 Å². The molecule has 2 aromatic rings. The van der Waals surface area contributed by atoms with Crippen molar-refractivity contribution in [2.24, 2.45) is 0 Å². The normalized spacial score (nSPS) is 10.2. The Labute approximate surface area is 123 Å². The second-order valence-electron chi connectivity index (χ2n) is 4.52. The number of anilines is 2. The predicted octanol–water partition coefficient (Wildman–Crippen LogP) is 2.65. The van der Waals surface area contributed by atoms with Crippen LogP contribution >= 0.6 is 0 Å². The van der Waals surface area contributed by atoms with Gasteiger partial charge in [-0.25, -0.2) is 0 Å². The lowest BCUT2D eigenvalue weighted by molar-refractivity contribution is 0.0989. The van der Waals surface area contributed by atoms with Gasteiger partial charge >= 0.3 is 0 Å². The maximum absolute atomic E-state index is 12.6. The summed E-state index contributed by atoms with van der Waals surface area (Å²) >= 11 is 0. The van der Waals surface area contributed by atoms with Gasteiger partial charge in [0.05, 0.1) is 12.7 Å². The van der Waals surface area contributed by atoms with E-state index < -0.39 is 0 Å². The van der Waals surface area contributed by atoms with Gasteiger partial charge in [0, 0.05) is 30.1 Å². The SMILES string of the molecule is CCN(C(=O)c1ccc(OC)cc1N)c1cccc(O)c1. The highest BCUT2D eigenvalue weighted by Crippen LogP contribution is 2.25. The zero-order chi connectivity index (χ0) is 15.4. The maximum atomic E-state index is 12.6. The van der Waals surface area contributed by atoms with E-state index in [9.17, 15) is 9.90 Å². The number of phenols is 1. The number of rotatable bonds is 4. The molecule has 110 valence electrons. The molecule has 0 saturated carbocycles. The molecule has 0 spiro atoms. The summed E-state index contributed by atoms with van der Waals surface area (Å²) in [4.78, 5) is 14.2. The molecule has 0 heterocycles. The van der Waals surface area contributed by atoms with E-state index in [1.807, 2.05) is 6.92 Å². The van der Waals surface area contributed by atoms with Crippen molar-refractivity contribution in [3.63, 3.8) is 0 Å². The Bertz CT molecular complexity index is 656. The number of carbonyl (C=O) groups excluding carboxylic acids is 1. The molecule has 0 fully saturated rings. The van der Waals surface area contributed by atoms with Crippen molar-refractivity contribution in [3.05, 3.63) is 48.0 Å². The van der Waals surface area contributed by atoms with Crippen molar-refractivity contribution in [2.45, 2.75) is 6.92 Å². The number of ether oxygens (including phenoxy) is 1. The zero-order valence-corrected chi connectivity index (χ0v) is 12.0. The molecule has 2 rings (SSSR count). The Morgan fingerprint density at radius 3 is 2.62 bits per heavy atom. The van der Waals surface area contributed by atoms with E-state index in [4.69, 9.17) is 10.5 Å². The standard InChI is InChI=1S/C16H18N2O3/c1-3-18(11-5-4-6-12(19)9-11)16(20)14-8-7-13(21-2)10-15(14)17/h4-10,19H,3,17H2,1-2H3. The fourth-order valence-electron chi connectivity index (χ4n) is 2.11. The fraction of sp³-hybridized carbons (Fsp3) is 0.188. The van der Waals surface area contributed by atoms with Crippen LogP contribution in [0.1, 0.15) is 17.3 Å². The van der Waals surface area contributed by atoms with Gasteiger partial charge in [-0.3, -0.25) is 4.79 Å². The summed E-state index contributed by atoms with van der Waals surface area (Å²) in [5.74, 6) is 0.495. The first-order valence-electron chi connectivity index (χ1n) is 6.61. The molecule has 2 aromatic carbocycles.